The Labute approximate surface area is 81.7 Å². The van der Waals surface area contributed by atoms with Crippen LogP contribution in [0.2, 0.25) is 0 Å². The number of hydrogen-bond acceptors (Lipinski definition) is 0. The van der Waals surface area contributed by atoms with Crippen molar-refractivity contribution in [2.75, 3.05) is 0 Å². The van der Waals surface area contributed by atoms with Gasteiger partial charge in [-0.2, -0.15) is 0 Å². The van der Waals surface area contributed by atoms with E-state index in [2.05, 4.69) is 27.7 Å². The van der Waals surface area contributed by atoms with E-state index in [1.807, 2.05) is 0 Å². The average molecular weight is 189 g/mol. The molecule has 1 saturated carbocycles. The summed E-state index contributed by atoms with van der Waals surface area (Å²) in [6, 6.07) is 0. The summed E-state index contributed by atoms with van der Waals surface area (Å²) in [5, 5.41) is 0.411. The number of hydrogen-bond donors (Lipinski definition) is 0. The van der Waals surface area contributed by atoms with Gasteiger partial charge in [-0.15, -0.1) is 11.6 Å². The number of alkyl halides is 1. The maximum Gasteiger partial charge on any atom is 0.0371 e. The Balaban J connectivity index is 2.54. The van der Waals surface area contributed by atoms with E-state index in [0.717, 1.165) is 11.8 Å². The number of rotatable bonds is 1. The smallest absolute Gasteiger partial charge is 0.0371 e. The van der Waals surface area contributed by atoms with Crippen molar-refractivity contribution in [3.8, 4) is 0 Å². The normalized spacial score (nSPS) is 35.5. The van der Waals surface area contributed by atoms with E-state index in [4.69, 9.17) is 11.6 Å². The van der Waals surface area contributed by atoms with Crippen LogP contribution in [0.1, 0.15) is 47.0 Å². The molecule has 2 atom stereocenters. The van der Waals surface area contributed by atoms with Crippen LogP contribution in [0.15, 0.2) is 0 Å². The van der Waals surface area contributed by atoms with Gasteiger partial charge < -0.3 is 0 Å². The molecule has 0 spiro atoms. The van der Waals surface area contributed by atoms with Crippen molar-refractivity contribution in [2.24, 2.45) is 17.3 Å². The zero-order chi connectivity index (χ0) is 9.35. The second-order valence-electron chi connectivity index (χ2n) is 5.33. The minimum absolute atomic E-state index is 0.411. The van der Waals surface area contributed by atoms with Gasteiger partial charge in [-0.25, -0.2) is 0 Å². The second kappa shape index (κ2) is 3.57. The molecular formula is C11H21Cl. The van der Waals surface area contributed by atoms with Crippen LogP contribution in [0.4, 0.5) is 0 Å². The first-order valence-electron chi connectivity index (χ1n) is 5.06. The molecule has 0 aliphatic heterocycles. The van der Waals surface area contributed by atoms with Gasteiger partial charge in [0, 0.05) is 5.38 Å². The number of halogens is 1. The van der Waals surface area contributed by atoms with E-state index >= 15 is 0 Å². The minimum Gasteiger partial charge on any atom is -0.123 e. The first kappa shape index (κ1) is 10.4. The van der Waals surface area contributed by atoms with Gasteiger partial charge in [-0.1, -0.05) is 27.7 Å². The molecule has 0 radical (unpaired) electrons. The molecule has 2 unspecified atom stereocenters. The fourth-order valence-corrected chi connectivity index (χ4v) is 3.11. The molecule has 1 fully saturated rings. The molecule has 0 heterocycles. The maximum absolute atomic E-state index is 6.36. The van der Waals surface area contributed by atoms with Gasteiger partial charge in [0.25, 0.3) is 0 Å². The lowest BCUT2D eigenvalue weighted by Gasteiger charge is -2.39. The standard InChI is InChI=1S/C11H21Cl/c1-8(2)9-5-6-11(3,4)7-10(9)12/h8-10H,5-7H2,1-4H3. The fraction of sp³-hybridized carbons (Fsp3) is 1.00. The van der Waals surface area contributed by atoms with Gasteiger partial charge in [0.15, 0.2) is 0 Å². The second-order valence-corrected chi connectivity index (χ2v) is 5.89. The van der Waals surface area contributed by atoms with Crippen LogP contribution in [0.3, 0.4) is 0 Å². The Kier molecular flexibility index (Phi) is 3.09. The topological polar surface area (TPSA) is 0 Å². The SMILES string of the molecule is CC(C)C1CCC(C)(C)CC1Cl. The third-order valence-electron chi connectivity index (χ3n) is 3.22. The molecule has 0 nitrogen and oxygen atoms in total. The first-order valence-corrected chi connectivity index (χ1v) is 5.50. The molecule has 12 heavy (non-hydrogen) atoms. The molecule has 0 N–H and O–H groups in total. The molecule has 1 aliphatic carbocycles. The van der Waals surface area contributed by atoms with E-state index in [9.17, 15) is 0 Å². The Morgan fingerprint density at radius 3 is 2.33 bits per heavy atom. The van der Waals surface area contributed by atoms with E-state index in [0.29, 0.717) is 10.8 Å². The van der Waals surface area contributed by atoms with Crippen molar-refractivity contribution in [1.82, 2.24) is 0 Å². The molecule has 0 aromatic heterocycles. The Hall–Kier alpha value is 0.290. The lowest BCUT2D eigenvalue weighted by molar-refractivity contribution is 0.166. The monoisotopic (exact) mass is 188 g/mol. The molecule has 1 heteroatoms. The summed E-state index contributed by atoms with van der Waals surface area (Å²) in [5.74, 6) is 1.50. The summed E-state index contributed by atoms with van der Waals surface area (Å²) in [6.45, 7) is 9.24. The highest BCUT2D eigenvalue weighted by Crippen LogP contribution is 2.43. The van der Waals surface area contributed by atoms with Crippen LogP contribution in [0, 0.1) is 17.3 Å². The van der Waals surface area contributed by atoms with Crippen LogP contribution in [-0.4, -0.2) is 5.38 Å². The van der Waals surface area contributed by atoms with Gasteiger partial charge in [-0.05, 0) is 36.5 Å². The van der Waals surface area contributed by atoms with Crippen LogP contribution in [0.25, 0.3) is 0 Å². The van der Waals surface area contributed by atoms with Crippen molar-refractivity contribution < 1.29 is 0 Å². The minimum atomic E-state index is 0.411. The molecule has 0 bridgehead atoms. The summed E-state index contributed by atoms with van der Waals surface area (Å²) >= 11 is 6.36. The summed E-state index contributed by atoms with van der Waals surface area (Å²) in [4.78, 5) is 0. The van der Waals surface area contributed by atoms with Crippen molar-refractivity contribution in [2.45, 2.75) is 52.3 Å². The third-order valence-corrected chi connectivity index (χ3v) is 3.70. The Morgan fingerprint density at radius 2 is 1.92 bits per heavy atom. The average Bonchev–Trinajstić information content (AvgIpc) is 1.83. The van der Waals surface area contributed by atoms with Gasteiger partial charge >= 0.3 is 0 Å². The summed E-state index contributed by atoms with van der Waals surface area (Å²) in [6.07, 6.45) is 3.86. The predicted molar refractivity (Wildman–Crippen MR) is 55.6 cm³/mol. The molecule has 0 saturated heterocycles. The van der Waals surface area contributed by atoms with Crippen molar-refractivity contribution >= 4 is 11.6 Å². The molecule has 0 aromatic rings. The third kappa shape index (κ3) is 2.39. The van der Waals surface area contributed by atoms with Gasteiger partial charge in [0.2, 0.25) is 0 Å². The van der Waals surface area contributed by atoms with Crippen LogP contribution >= 0.6 is 11.6 Å². The largest absolute Gasteiger partial charge is 0.123 e. The lowest BCUT2D eigenvalue weighted by atomic mass is 9.70. The zero-order valence-electron chi connectivity index (χ0n) is 8.73. The Morgan fingerprint density at radius 1 is 1.33 bits per heavy atom. The van der Waals surface area contributed by atoms with E-state index in [-0.39, 0.29) is 0 Å². The van der Waals surface area contributed by atoms with E-state index in [1.54, 1.807) is 0 Å². The summed E-state index contributed by atoms with van der Waals surface area (Å²) in [5.41, 5.74) is 0.484. The highest BCUT2D eigenvalue weighted by Gasteiger charge is 2.34. The molecule has 1 rings (SSSR count). The Bertz CT molecular complexity index is 149. The lowest BCUT2D eigenvalue weighted by Crippen LogP contribution is -2.33. The molecule has 72 valence electrons. The molecule has 1 aliphatic rings. The van der Waals surface area contributed by atoms with Gasteiger partial charge in [0.1, 0.15) is 0 Å². The molecular weight excluding hydrogens is 168 g/mol. The molecule has 0 aromatic carbocycles. The van der Waals surface area contributed by atoms with Crippen molar-refractivity contribution in [1.29, 1.82) is 0 Å². The quantitative estimate of drug-likeness (QED) is 0.545. The summed E-state index contributed by atoms with van der Waals surface area (Å²) < 4.78 is 0. The highest BCUT2D eigenvalue weighted by molar-refractivity contribution is 6.20. The summed E-state index contributed by atoms with van der Waals surface area (Å²) in [7, 11) is 0. The predicted octanol–water partition coefficient (Wildman–Crippen LogP) is 4.08. The first-order chi connectivity index (χ1) is 5.42. The van der Waals surface area contributed by atoms with Crippen molar-refractivity contribution in [3.05, 3.63) is 0 Å². The fourth-order valence-electron chi connectivity index (χ4n) is 2.27. The zero-order valence-corrected chi connectivity index (χ0v) is 9.49. The van der Waals surface area contributed by atoms with Crippen LogP contribution in [0.5, 0.6) is 0 Å². The van der Waals surface area contributed by atoms with Crippen LogP contribution in [-0.2, 0) is 0 Å². The van der Waals surface area contributed by atoms with Gasteiger partial charge in [-0.3, -0.25) is 0 Å². The van der Waals surface area contributed by atoms with Crippen LogP contribution < -0.4 is 0 Å². The highest BCUT2D eigenvalue weighted by atomic mass is 35.5. The van der Waals surface area contributed by atoms with Gasteiger partial charge in [0.05, 0.1) is 0 Å². The van der Waals surface area contributed by atoms with E-state index < -0.39 is 0 Å². The van der Waals surface area contributed by atoms with Crippen molar-refractivity contribution in [3.63, 3.8) is 0 Å². The maximum atomic E-state index is 6.36. The molecule has 0 amide bonds. The van der Waals surface area contributed by atoms with E-state index in [1.165, 1.54) is 19.3 Å².